The molecule has 0 radical (unpaired) electrons. The van der Waals surface area contributed by atoms with Gasteiger partial charge >= 0.3 is 0 Å². The van der Waals surface area contributed by atoms with E-state index in [1.807, 2.05) is 22.9 Å². The molecule has 0 aliphatic heterocycles. The summed E-state index contributed by atoms with van der Waals surface area (Å²) in [4.78, 5) is 0. The van der Waals surface area contributed by atoms with Crippen molar-refractivity contribution in [3.63, 3.8) is 0 Å². The van der Waals surface area contributed by atoms with Gasteiger partial charge in [-0.3, -0.25) is 4.68 Å². The molecule has 1 atom stereocenters. The van der Waals surface area contributed by atoms with E-state index in [1.165, 1.54) is 16.7 Å². The molecular formula is C22H22N4. The van der Waals surface area contributed by atoms with Crippen molar-refractivity contribution in [2.24, 2.45) is 0 Å². The summed E-state index contributed by atoms with van der Waals surface area (Å²) < 4.78 is 1.89. The Morgan fingerprint density at radius 2 is 1.92 bits per heavy atom. The summed E-state index contributed by atoms with van der Waals surface area (Å²) in [5.41, 5.74) is 6.18. The summed E-state index contributed by atoms with van der Waals surface area (Å²) in [6.07, 6.45) is 4.83. The maximum absolute atomic E-state index is 8.86. The molecule has 4 rings (SSSR count). The van der Waals surface area contributed by atoms with E-state index in [1.54, 1.807) is 0 Å². The Balaban J connectivity index is 1.56. The van der Waals surface area contributed by atoms with Crippen molar-refractivity contribution < 1.29 is 0 Å². The number of aromatic nitrogens is 2. The molecule has 1 aliphatic carbocycles. The van der Waals surface area contributed by atoms with E-state index in [4.69, 9.17) is 10.4 Å². The summed E-state index contributed by atoms with van der Waals surface area (Å²) in [6, 6.07) is 21.6. The largest absolute Gasteiger partial charge is 0.306 e. The second-order valence-electron chi connectivity index (χ2n) is 6.71. The van der Waals surface area contributed by atoms with Crippen LogP contribution in [-0.4, -0.2) is 9.78 Å². The van der Waals surface area contributed by atoms with Gasteiger partial charge in [-0.1, -0.05) is 54.6 Å². The molecule has 1 aliphatic rings. The molecule has 0 bridgehead atoms. The van der Waals surface area contributed by atoms with Crippen molar-refractivity contribution in [2.75, 3.05) is 0 Å². The van der Waals surface area contributed by atoms with Gasteiger partial charge in [0.05, 0.1) is 24.7 Å². The second-order valence-corrected chi connectivity index (χ2v) is 6.71. The lowest BCUT2D eigenvalue weighted by Crippen LogP contribution is -2.18. The van der Waals surface area contributed by atoms with Crippen LogP contribution in [0.25, 0.3) is 11.3 Å². The van der Waals surface area contributed by atoms with Crippen LogP contribution in [0.1, 0.15) is 35.6 Å². The van der Waals surface area contributed by atoms with Crippen molar-refractivity contribution in [3.05, 3.63) is 77.5 Å². The molecule has 0 fully saturated rings. The third kappa shape index (κ3) is 3.40. The van der Waals surface area contributed by atoms with E-state index < -0.39 is 0 Å². The third-order valence-electron chi connectivity index (χ3n) is 5.01. The molecule has 0 saturated carbocycles. The summed E-state index contributed by atoms with van der Waals surface area (Å²) in [6.45, 7) is 1.40. The molecule has 0 spiro atoms. The monoisotopic (exact) mass is 342 g/mol. The van der Waals surface area contributed by atoms with Crippen LogP contribution >= 0.6 is 0 Å². The predicted octanol–water partition coefficient (Wildman–Crippen LogP) is 4.24. The van der Waals surface area contributed by atoms with E-state index in [-0.39, 0.29) is 0 Å². The Labute approximate surface area is 154 Å². The van der Waals surface area contributed by atoms with Crippen molar-refractivity contribution in [3.8, 4) is 17.3 Å². The zero-order valence-corrected chi connectivity index (χ0v) is 14.7. The number of nitrogens with one attached hydrogen (secondary N) is 1. The summed E-state index contributed by atoms with van der Waals surface area (Å²) in [5.74, 6) is 0. The number of benzene rings is 2. The molecule has 2 aromatic carbocycles. The van der Waals surface area contributed by atoms with Crippen LogP contribution in [0.2, 0.25) is 0 Å². The van der Waals surface area contributed by atoms with Crippen molar-refractivity contribution in [2.45, 2.75) is 38.4 Å². The zero-order chi connectivity index (χ0) is 17.8. The molecule has 0 saturated heterocycles. The van der Waals surface area contributed by atoms with E-state index in [2.05, 4.69) is 54.0 Å². The minimum Gasteiger partial charge on any atom is -0.306 e. The van der Waals surface area contributed by atoms with E-state index in [0.717, 1.165) is 30.6 Å². The van der Waals surface area contributed by atoms with Gasteiger partial charge in [0.2, 0.25) is 0 Å². The first kappa shape index (κ1) is 16.6. The minimum absolute atomic E-state index is 0.400. The number of nitriles is 1. The van der Waals surface area contributed by atoms with Gasteiger partial charge in [0, 0.05) is 29.9 Å². The molecule has 1 N–H and O–H groups in total. The first-order valence-corrected chi connectivity index (χ1v) is 9.15. The van der Waals surface area contributed by atoms with Gasteiger partial charge in [0.1, 0.15) is 0 Å². The van der Waals surface area contributed by atoms with E-state index >= 15 is 0 Å². The Bertz CT molecular complexity index is 921. The minimum atomic E-state index is 0.400. The van der Waals surface area contributed by atoms with Crippen molar-refractivity contribution in [1.82, 2.24) is 15.1 Å². The first-order chi connectivity index (χ1) is 12.8. The molecule has 4 heteroatoms. The fraction of sp³-hybridized carbons (Fsp3) is 0.273. The zero-order valence-electron chi connectivity index (χ0n) is 14.7. The van der Waals surface area contributed by atoms with Crippen LogP contribution < -0.4 is 5.32 Å². The lowest BCUT2D eigenvalue weighted by molar-refractivity contribution is 0.530. The Hall–Kier alpha value is -2.90. The normalized spacial score (nSPS) is 15.6. The van der Waals surface area contributed by atoms with Gasteiger partial charge in [-0.25, -0.2) is 0 Å². The number of hydrogen-bond acceptors (Lipinski definition) is 3. The van der Waals surface area contributed by atoms with Crippen LogP contribution in [-0.2, 0) is 19.5 Å². The molecule has 4 nitrogen and oxygen atoms in total. The van der Waals surface area contributed by atoms with Crippen LogP contribution in [0, 0.1) is 11.3 Å². The van der Waals surface area contributed by atoms with Crippen molar-refractivity contribution >= 4 is 0 Å². The highest BCUT2D eigenvalue weighted by Gasteiger charge is 2.22. The Kier molecular flexibility index (Phi) is 4.81. The number of fused-ring (bicyclic) bond motifs is 1. The van der Waals surface area contributed by atoms with E-state index in [0.29, 0.717) is 19.0 Å². The molecule has 3 aromatic rings. The smallest absolute Gasteiger partial charge is 0.0968 e. The average molecular weight is 342 g/mol. The van der Waals surface area contributed by atoms with Gasteiger partial charge in [0.15, 0.2) is 0 Å². The Morgan fingerprint density at radius 3 is 2.77 bits per heavy atom. The standard InChI is InChI=1S/C22H22N4/c23-13-6-14-26-16-19(22(25-26)18-8-2-1-3-9-18)15-24-21-12-11-17-7-4-5-10-20(17)21/h1-5,7-10,16,21,24H,6,11-12,14-15H2. The molecule has 130 valence electrons. The molecule has 0 amide bonds. The van der Waals surface area contributed by atoms with Gasteiger partial charge in [-0.2, -0.15) is 10.4 Å². The summed E-state index contributed by atoms with van der Waals surface area (Å²) >= 11 is 0. The SMILES string of the molecule is N#CCCn1cc(CNC2CCc3ccccc32)c(-c2ccccc2)n1. The lowest BCUT2D eigenvalue weighted by Gasteiger charge is -2.14. The molecular weight excluding hydrogens is 320 g/mol. The maximum Gasteiger partial charge on any atom is 0.0968 e. The quantitative estimate of drug-likeness (QED) is 0.729. The predicted molar refractivity (Wildman–Crippen MR) is 102 cm³/mol. The van der Waals surface area contributed by atoms with Gasteiger partial charge in [0.25, 0.3) is 0 Å². The number of rotatable bonds is 6. The van der Waals surface area contributed by atoms with Gasteiger partial charge in [-0.05, 0) is 24.0 Å². The number of nitrogens with zero attached hydrogens (tertiary/aromatic N) is 3. The highest BCUT2D eigenvalue weighted by molar-refractivity contribution is 5.62. The van der Waals surface area contributed by atoms with Gasteiger partial charge < -0.3 is 5.32 Å². The maximum atomic E-state index is 8.86. The highest BCUT2D eigenvalue weighted by atomic mass is 15.3. The van der Waals surface area contributed by atoms with Crippen LogP contribution in [0.5, 0.6) is 0 Å². The Morgan fingerprint density at radius 1 is 1.12 bits per heavy atom. The average Bonchev–Trinajstić information content (AvgIpc) is 3.29. The molecule has 1 heterocycles. The molecule has 1 aromatic heterocycles. The third-order valence-corrected chi connectivity index (χ3v) is 5.01. The number of hydrogen-bond donors (Lipinski definition) is 1. The van der Waals surface area contributed by atoms with Crippen LogP contribution in [0.15, 0.2) is 60.8 Å². The van der Waals surface area contributed by atoms with Gasteiger partial charge in [-0.15, -0.1) is 0 Å². The topological polar surface area (TPSA) is 53.6 Å². The van der Waals surface area contributed by atoms with Crippen LogP contribution in [0.4, 0.5) is 0 Å². The van der Waals surface area contributed by atoms with Crippen molar-refractivity contribution in [1.29, 1.82) is 5.26 Å². The highest BCUT2D eigenvalue weighted by Crippen LogP contribution is 2.31. The fourth-order valence-electron chi connectivity index (χ4n) is 3.71. The first-order valence-electron chi connectivity index (χ1n) is 9.15. The molecule has 1 unspecified atom stereocenters. The van der Waals surface area contributed by atoms with E-state index in [9.17, 15) is 0 Å². The summed E-state index contributed by atoms with van der Waals surface area (Å²) in [7, 11) is 0. The van der Waals surface area contributed by atoms with Crippen LogP contribution in [0.3, 0.4) is 0 Å². The summed E-state index contributed by atoms with van der Waals surface area (Å²) in [5, 5.41) is 17.3. The number of aryl methyl sites for hydroxylation is 2. The second kappa shape index (κ2) is 7.55. The molecule has 26 heavy (non-hydrogen) atoms. The lowest BCUT2D eigenvalue weighted by atomic mass is 10.1. The fourth-order valence-corrected chi connectivity index (χ4v) is 3.71.